The molecular formula is C30H29BrN6. The van der Waals surface area contributed by atoms with Gasteiger partial charge in [-0.2, -0.15) is 9.61 Å². The Balaban J connectivity index is 1.14. The Morgan fingerprint density at radius 2 is 1.68 bits per heavy atom. The molecule has 37 heavy (non-hydrogen) atoms. The molecule has 2 aromatic carbocycles. The number of aromatic nitrogens is 4. The first-order valence-corrected chi connectivity index (χ1v) is 13.6. The van der Waals surface area contributed by atoms with Gasteiger partial charge < -0.3 is 5.32 Å². The summed E-state index contributed by atoms with van der Waals surface area (Å²) in [6.45, 7) is 3.79. The van der Waals surface area contributed by atoms with E-state index < -0.39 is 0 Å². The third-order valence-corrected chi connectivity index (χ3v) is 7.65. The molecule has 186 valence electrons. The van der Waals surface area contributed by atoms with Crippen LogP contribution in [0, 0.1) is 0 Å². The van der Waals surface area contributed by atoms with Crippen molar-refractivity contribution in [2.24, 2.45) is 0 Å². The van der Waals surface area contributed by atoms with Gasteiger partial charge in [0.05, 0.1) is 10.7 Å². The van der Waals surface area contributed by atoms with Crippen molar-refractivity contribution in [3.05, 3.63) is 113 Å². The van der Waals surface area contributed by atoms with E-state index in [1.807, 2.05) is 23.0 Å². The van der Waals surface area contributed by atoms with Gasteiger partial charge in [0.25, 0.3) is 0 Å². The van der Waals surface area contributed by atoms with E-state index in [0.29, 0.717) is 12.5 Å². The van der Waals surface area contributed by atoms with Crippen LogP contribution in [0.2, 0.25) is 0 Å². The molecule has 0 bridgehead atoms. The fourth-order valence-electron chi connectivity index (χ4n) is 5.11. The third-order valence-electron chi connectivity index (χ3n) is 7.09. The number of piperidine rings is 1. The monoisotopic (exact) mass is 552 g/mol. The Kier molecular flexibility index (Phi) is 6.97. The summed E-state index contributed by atoms with van der Waals surface area (Å²) in [7, 11) is 0. The zero-order valence-corrected chi connectivity index (χ0v) is 22.2. The molecule has 0 atom stereocenters. The van der Waals surface area contributed by atoms with Crippen molar-refractivity contribution in [3.8, 4) is 11.1 Å². The number of nitrogens with one attached hydrogen (secondary N) is 1. The van der Waals surface area contributed by atoms with E-state index in [1.54, 1.807) is 6.20 Å². The largest absolute Gasteiger partial charge is 0.366 e. The van der Waals surface area contributed by atoms with Crippen molar-refractivity contribution < 1.29 is 0 Å². The number of pyridine rings is 1. The van der Waals surface area contributed by atoms with Crippen LogP contribution in [0.4, 0.5) is 5.82 Å². The lowest BCUT2D eigenvalue weighted by molar-refractivity contribution is 0.203. The maximum absolute atomic E-state index is 5.01. The van der Waals surface area contributed by atoms with Gasteiger partial charge in [-0.3, -0.25) is 9.88 Å². The number of anilines is 1. The highest BCUT2D eigenvalue weighted by atomic mass is 79.9. The topological polar surface area (TPSA) is 58.4 Å². The van der Waals surface area contributed by atoms with Crippen molar-refractivity contribution in [2.45, 2.75) is 31.8 Å². The first kappa shape index (κ1) is 23.8. The van der Waals surface area contributed by atoms with Gasteiger partial charge in [0.1, 0.15) is 5.82 Å². The molecule has 1 fully saturated rings. The van der Waals surface area contributed by atoms with Gasteiger partial charge in [-0.1, -0.05) is 54.6 Å². The van der Waals surface area contributed by atoms with Crippen LogP contribution in [-0.4, -0.2) is 37.6 Å². The van der Waals surface area contributed by atoms with E-state index in [9.17, 15) is 0 Å². The van der Waals surface area contributed by atoms with E-state index in [0.717, 1.165) is 59.7 Å². The molecule has 0 saturated carbocycles. The van der Waals surface area contributed by atoms with E-state index in [-0.39, 0.29) is 0 Å². The lowest BCUT2D eigenvalue weighted by Crippen LogP contribution is -2.32. The van der Waals surface area contributed by atoms with Crippen molar-refractivity contribution in [1.29, 1.82) is 0 Å². The summed E-state index contributed by atoms with van der Waals surface area (Å²) in [4.78, 5) is 11.8. The van der Waals surface area contributed by atoms with Gasteiger partial charge in [0.2, 0.25) is 0 Å². The lowest BCUT2D eigenvalue weighted by atomic mass is 9.92. The summed E-state index contributed by atoms with van der Waals surface area (Å²) in [5.74, 6) is 1.38. The van der Waals surface area contributed by atoms with E-state index in [2.05, 4.69) is 103 Å². The van der Waals surface area contributed by atoms with Crippen LogP contribution in [0.25, 0.3) is 16.8 Å². The molecule has 0 amide bonds. The van der Waals surface area contributed by atoms with Crippen LogP contribution in [0.5, 0.6) is 0 Å². The molecule has 6 rings (SSSR count). The van der Waals surface area contributed by atoms with Crippen LogP contribution in [-0.2, 0) is 13.1 Å². The van der Waals surface area contributed by atoms with Gasteiger partial charge in [-0.15, -0.1) is 0 Å². The molecular weight excluding hydrogens is 524 g/mol. The fraction of sp³-hybridized carbons (Fsp3) is 0.233. The van der Waals surface area contributed by atoms with Crippen LogP contribution in [0.3, 0.4) is 0 Å². The van der Waals surface area contributed by atoms with Crippen molar-refractivity contribution in [1.82, 2.24) is 24.5 Å². The Morgan fingerprint density at radius 3 is 2.49 bits per heavy atom. The minimum Gasteiger partial charge on any atom is -0.366 e. The molecule has 3 aromatic heterocycles. The molecule has 1 N–H and O–H groups in total. The lowest BCUT2D eigenvalue weighted by Gasteiger charge is -2.32. The highest BCUT2D eigenvalue weighted by molar-refractivity contribution is 9.10. The Labute approximate surface area is 225 Å². The minimum atomic E-state index is 0.428. The average molecular weight is 554 g/mol. The van der Waals surface area contributed by atoms with Crippen molar-refractivity contribution in [3.63, 3.8) is 0 Å². The summed E-state index contributed by atoms with van der Waals surface area (Å²) >= 11 is 3.63. The molecule has 0 aliphatic carbocycles. The van der Waals surface area contributed by atoms with Crippen LogP contribution in [0.1, 0.15) is 35.6 Å². The van der Waals surface area contributed by atoms with Crippen LogP contribution < -0.4 is 5.32 Å². The van der Waals surface area contributed by atoms with E-state index >= 15 is 0 Å². The number of rotatable bonds is 7. The Bertz CT molecular complexity index is 1480. The zero-order valence-electron chi connectivity index (χ0n) is 20.6. The number of halogens is 1. The molecule has 0 spiro atoms. The average Bonchev–Trinajstić information content (AvgIpc) is 3.34. The number of hydrogen-bond donors (Lipinski definition) is 1. The third kappa shape index (κ3) is 5.43. The Morgan fingerprint density at radius 1 is 0.865 bits per heavy atom. The maximum atomic E-state index is 5.01. The first-order valence-electron chi connectivity index (χ1n) is 12.8. The number of likely N-dealkylation sites (tertiary alicyclic amines) is 1. The molecule has 0 unspecified atom stereocenters. The molecule has 1 aliphatic rings. The number of nitrogens with zero attached hydrogens (tertiary/aromatic N) is 5. The van der Waals surface area contributed by atoms with Crippen LogP contribution in [0.15, 0.2) is 95.9 Å². The molecule has 5 aromatic rings. The molecule has 4 heterocycles. The smallest absolute Gasteiger partial charge is 0.171 e. The summed E-state index contributed by atoms with van der Waals surface area (Å²) in [5, 5.41) is 8.07. The normalized spacial score (nSPS) is 14.7. The first-order chi connectivity index (χ1) is 18.2. The van der Waals surface area contributed by atoms with Gasteiger partial charge in [-0.05, 0) is 76.2 Å². The molecule has 7 heteroatoms. The maximum Gasteiger partial charge on any atom is 0.171 e. The highest BCUT2D eigenvalue weighted by Crippen LogP contribution is 2.31. The van der Waals surface area contributed by atoms with Crippen molar-refractivity contribution >= 4 is 27.4 Å². The molecule has 6 nitrogen and oxygen atoms in total. The standard InChI is InChI=1S/C30H29BrN6/c31-27-20-34-37-29(33-19-23-7-5-13-32-18-23)17-28(35-30(27)37)25-11-14-36(15-12-25)21-22-6-4-10-26(16-22)24-8-2-1-3-9-24/h1-10,13,16-18,20,25,33H,11-12,14-15,19,21H2. The Hall–Kier alpha value is -3.55. The molecule has 0 radical (unpaired) electrons. The second-order valence-electron chi connectivity index (χ2n) is 9.63. The minimum absolute atomic E-state index is 0.428. The van der Waals surface area contributed by atoms with Gasteiger partial charge in [0, 0.05) is 43.2 Å². The summed E-state index contributed by atoms with van der Waals surface area (Å²) in [6, 6.07) is 25.8. The van der Waals surface area contributed by atoms with Gasteiger partial charge >= 0.3 is 0 Å². The second-order valence-corrected chi connectivity index (χ2v) is 10.5. The summed E-state index contributed by atoms with van der Waals surface area (Å²) in [6.07, 6.45) is 7.68. The highest BCUT2D eigenvalue weighted by Gasteiger charge is 2.23. The van der Waals surface area contributed by atoms with Crippen molar-refractivity contribution in [2.75, 3.05) is 18.4 Å². The second kappa shape index (κ2) is 10.8. The molecule has 1 aliphatic heterocycles. The predicted octanol–water partition coefficient (Wildman–Crippen LogP) is 6.55. The molecule has 1 saturated heterocycles. The SMILES string of the molecule is Brc1cnn2c(NCc3cccnc3)cc(C3CCN(Cc4cccc(-c5ccccc5)c4)CC3)nc12. The van der Waals surface area contributed by atoms with E-state index in [4.69, 9.17) is 4.98 Å². The quantitative estimate of drug-likeness (QED) is 0.248. The summed E-state index contributed by atoms with van der Waals surface area (Å²) in [5.41, 5.74) is 7.03. The van der Waals surface area contributed by atoms with Crippen LogP contribution >= 0.6 is 15.9 Å². The number of fused-ring (bicyclic) bond motifs is 1. The number of benzene rings is 2. The van der Waals surface area contributed by atoms with Gasteiger partial charge in [0.15, 0.2) is 5.65 Å². The predicted molar refractivity (Wildman–Crippen MR) is 151 cm³/mol. The van der Waals surface area contributed by atoms with Gasteiger partial charge in [-0.25, -0.2) is 4.98 Å². The summed E-state index contributed by atoms with van der Waals surface area (Å²) < 4.78 is 2.79. The number of hydrogen-bond acceptors (Lipinski definition) is 5. The van der Waals surface area contributed by atoms with E-state index in [1.165, 1.54) is 16.7 Å². The zero-order chi connectivity index (χ0) is 25.0. The fourth-order valence-corrected chi connectivity index (χ4v) is 5.46.